The smallest absolute Gasteiger partial charge is 0.410 e. The number of rotatable bonds is 1. The van der Waals surface area contributed by atoms with Gasteiger partial charge in [0.15, 0.2) is 0 Å². The van der Waals surface area contributed by atoms with Gasteiger partial charge >= 0.3 is 6.09 Å². The van der Waals surface area contributed by atoms with Crippen molar-refractivity contribution < 1.29 is 14.6 Å². The van der Waals surface area contributed by atoms with Crippen LogP contribution in [-0.4, -0.2) is 44.8 Å². The molecule has 1 N–H and O–H groups in total. The van der Waals surface area contributed by atoms with Gasteiger partial charge in [0, 0.05) is 31.3 Å². The van der Waals surface area contributed by atoms with Crippen molar-refractivity contribution in [1.82, 2.24) is 14.9 Å². The van der Waals surface area contributed by atoms with E-state index in [4.69, 9.17) is 4.74 Å². The number of hydrogen-bond donors (Lipinski definition) is 1. The van der Waals surface area contributed by atoms with Gasteiger partial charge in [-0.2, -0.15) is 4.98 Å². The molecule has 20 heavy (non-hydrogen) atoms. The molecule has 1 aliphatic rings. The SMILES string of the molecule is CC(C)(C)OC(=O)N1CCC(c2nccc(O)n2)CC1. The van der Waals surface area contributed by atoms with Crippen LogP contribution < -0.4 is 0 Å². The van der Waals surface area contributed by atoms with Gasteiger partial charge in [0.05, 0.1) is 0 Å². The molecule has 1 fully saturated rings. The summed E-state index contributed by atoms with van der Waals surface area (Å²) in [5, 5.41) is 9.38. The lowest BCUT2D eigenvalue weighted by Gasteiger charge is -2.32. The molecule has 1 aromatic heterocycles. The first-order valence-electron chi connectivity index (χ1n) is 6.85. The number of piperidine rings is 1. The van der Waals surface area contributed by atoms with Crippen LogP contribution in [0, 0.1) is 0 Å². The summed E-state index contributed by atoms with van der Waals surface area (Å²) in [5.41, 5.74) is -0.470. The summed E-state index contributed by atoms with van der Waals surface area (Å²) in [5.74, 6) is 0.819. The molecule has 1 amide bonds. The van der Waals surface area contributed by atoms with Crippen LogP contribution in [0.15, 0.2) is 12.3 Å². The number of carbonyl (C=O) groups is 1. The Bertz CT molecular complexity index is 477. The van der Waals surface area contributed by atoms with E-state index in [2.05, 4.69) is 9.97 Å². The van der Waals surface area contributed by atoms with Crippen molar-refractivity contribution in [2.24, 2.45) is 0 Å². The molecule has 110 valence electrons. The maximum absolute atomic E-state index is 11.9. The summed E-state index contributed by atoms with van der Waals surface area (Å²) in [6.45, 7) is 6.83. The van der Waals surface area contributed by atoms with E-state index in [1.165, 1.54) is 6.07 Å². The van der Waals surface area contributed by atoms with Crippen molar-refractivity contribution >= 4 is 6.09 Å². The normalized spacial score (nSPS) is 17.1. The van der Waals surface area contributed by atoms with Crippen molar-refractivity contribution in [2.75, 3.05) is 13.1 Å². The molecule has 0 bridgehead atoms. The second-order valence-electron chi connectivity index (χ2n) is 6.01. The quantitative estimate of drug-likeness (QED) is 0.853. The van der Waals surface area contributed by atoms with E-state index in [1.54, 1.807) is 11.1 Å². The predicted octanol–water partition coefficient (Wildman–Crippen LogP) is 2.30. The van der Waals surface area contributed by atoms with Crippen LogP contribution in [-0.2, 0) is 4.74 Å². The molecule has 0 radical (unpaired) electrons. The zero-order valence-corrected chi connectivity index (χ0v) is 12.2. The molecule has 0 aliphatic carbocycles. The third-order valence-corrected chi connectivity index (χ3v) is 3.17. The van der Waals surface area contributed by atoms with Crippen molar-refractivity contribution in [3.8, 4) is 5.88 Å². The van der Waals surface area contributed by atoms with Crippen molar-refractivity contribution in [3.63, 3.8) is 0 Å². The molecule has 6 nitrogen and oxygen atoms in total. The Morgan fingerprint density at radius 1 is 1.40 bits per heavy atom. The van der Waals surface area contributed by atoms with Crippen LogP contribution in [0.5, 0.6) is 5.88 Å². The third kappa shape index (κ3) is 3.82. The molecule has 2 heterocycles. The van der Waals surface area contributed by atoms with E-state index in [0.717, 1.165) is 12.8 Å². The standard InChI is InChI=1S/C14H21N3O3/c1-14(2,3)20-13(19)17-8-5-10(6-9-17)12-15-7-4-11(18)16-12/h4,7,10H,5-6,8-9H2,1-3H3,(H,15,16,18). The number of likely N-dealkylation sites (tertiary alicyclic amines) is 1. The van der Waals surface area contributed by atoms with Crippen LogP contribution >= 0.6 is 0 Å². The predicted molar refractivity (Wildman–Crippen MR) is 73.5 cm³/mol. The first kappa shape index (κ1) is 14.6. The monoisotopic (exact) mass is 279 g/mol. The molecule has 0 spiro atoms. The summed E-state index contributed by atoms with van der Waals surface area (Å²) in [6.07, 6.45) is 2.84. The van der Waals surface area contributed by atoms with Crippen LogP contribution in [0.4, 0.5) is 4.79 Å². The van der Waals surface area contributed by atoms with Crippen molar-refractivity contribution in [2.45, 2.75) is 45.1 Å². The number of amides is 1. The highest BCUT2D eigenvalue weighted by Crippen LogP contribution is 2.27. The fourth-order valence-electron chi connectivity index (χ4n) is 2.21. The second-order valence-corrected chi connectivity index (χ2v) is 6.01. The summed E-state index contributed by atoms with van der Waals surface area (Å²) < 4.78 is 5.35. The van der Waals surface area contributed by atoms with Gasteiger partial charge in [-0.3, -0.25) is 0 Å². The summed E-state index contributed by atoms with van der Waals surface area (Å²) in [4.78, 5) is 21.9. The summed E-state index contributed by atoms with van der Waals surface area (Å²) in [7, 11) is 0. The third-order valence-electron chi connectivity index (χ3n) is 3.17. The average molecular weight is 279 g/mol. The number of aromatic nitrogens is 2. The summed E-state index contributed by atoms with van der Waals surface area (Å²) >= 11 is 0. The lowest BCUT2D eigenvalue weighted by Crippen LogP contribution is -2.41. The minimum absolute atomic E-state index is 0.00966. The molecule has 0 aromatic carbocycles. The van der Waals surface area contributed by atoms with E-state index in [0.29, 0.717) is 18.9 Å². The van der Waals surface area contributed by atoms with Crippen LogP contribution in [0.3, 0.4) is 0 Å². The topological polar surface area (TPSA) is 75.5 Å². The van der Waals surface area contributed by atoms with Gasteiger partial charge in [0.2, 0.25) is 5.88 Å². The lowest BCUT2D eigenvalue weighted by molar-refractivity contribution is 0.0203. The van der Waals surface area contributed by atoms with Gasteiger partial charge in [-0.1, -0.05) is 0 Å². The minimum Gasteiger partial charge on any atom is -0.493 e. The Hall–Kier alpha value is -1.85. The number of hydrogen-bond acceptors (Lipinski definition) is 5. The van der Waals surface area contributed by atoms with E-state index < -0.39 is 5.60 Å². The molecule has 0 atom stereocenters. The summed E-state index contributed by atoms with van der Waals surface area (Å²) in [6, 6.07) is 1.46. The van der Waals surface area contributed by atoms with Crippen LogP contribution in [0.1, 0.15) is 45.4 Å². The molecule has 2 rings (SSSR count). The Morgan fingerprint density at radius 2 is 2.05 bits per heavy atom. The number of aromatic hydroxyl groups is 1. The van der Waals surface area contributed by atoms with Gasteiger partial charge in [0.25, 0.3) is 0 Å². The number of carbonyl (C=O) groups excluding carboxylic acids is 1. The fraction of sp³-hybridized carbons (Fsp3) is 0.643. The van der Waals surface area contributed by atoms with Crippen LogP contribution in [0.25, 0.3) is 0 Å². The largest absolute Gasteiger partial charge is 0.493 e. The molecular formula is C14H21N3O3. The average Bonchev–Trinajstić information content (AvgIpc) is 2.37. The lowest BCUT2D eigenvalue weighted by atomic mass is 9.96. The van der Waals surface area contributed by atoms with E-state index in [-0.39, 0.29) is 17.9 Å². The van der Waals surface area contributed by atoms with Crippen molar-refractivity contribution in [3.05, 3.63) is 18.1 Å². The first-order chi connectivity index (χ1) is 9.35. The molecule has 6 heteroatoms. The van der Waals surface area contributed by atoms with Crippen molar-refractivity contribution in [1.29, 1.82) is 0 Å². The van der Waals surface area contributed by atoms with Gasteiger partial charge in [-0.05, 0) is 33.6 Å². The van der Waals surface area contributed by atoms with Gasteiger partial charge in [0.1, 0.15) is 11.4 Å². The highest BCUT2D eigenvalue weighted by molar-refractivity contribution is 5.68. The molecular weight excluding hydrogens is 258 g/mol. The van der Waals surface area contributed by atoms with Gasteiger partial charge in [-0.15, -0.1) is 0 Å². The van der Waals surface area contributed by atoms with Gasteiger partial charge in [-0.25, -0.2) is 9.78 Å². The Kier molecular flexibility index (Phi) is 4.11. The van der Waals surface area contributed by atoms with E-state index in [9.17, 15) is 9.90 Å². The Morgan fingerprint density at radius 3 is 2.60 bits per heavy atom. The second kappa shape index (κ2) is 5.64. The number of ether oxygens (including phenoxy) is 1. The maximum atomic E-state index is 11.9. The molecule has 1 aromatic rings. The van der Waals surface area contributed by atoms with Crippen LogP contribution in [0.2, 0.25) is 0 Å². The zero-order valence-electron chi connectivity index (χ0n) is 12.2. The number of nitrogens with zero attached hydrogens (tertiary/aromatic N) is 3. The zero-order chi connectivity index (χ0) is 14.8. The molecule has 1 aliphatic heterocycles. The van der Waals surface area contributed by atoms with E-state index >= 15 is 0 Å². The highest BCUT2D eigenvalue weighted by Gasteiger charge is 2.28. The highest BCUT2D eigenvalue weighted by atomic mass is 16.6. The first-order valence-corrected chi connectivity index (χ1v) is 6.85. The molecule has 0 saturated carbocycles. The fourth-order valence-corrected chi connectivity index (χ4v) is 2.21. The van der Waals surface area contributed by atoms with Gasteiger partial charge < -0.3 is 14.7 Å². The Labute approximate surface area is 118 Å². The minimum atomic E-state index is -0.470. The Balaban J connectivity index is 1.91. The maximum Gasteiger partial charge on any atom is 0.410 e. The molecule has 1 saturated heterocycles. The molecule has 0 unspecified atom stereocenters. The van der Waals surface area contributed by atoms with E-state index in [1.807, 2.05) is 20.8 Å².